The van der Waals surface area contributed by atoms with Gasteiger partial charge in [0.2, 0.25) is 5.91 Å². The Morgan fingerprint density at radius 3 is 2.62 bits per heavy atom. The van der Waals surface area contributed by atoms with Crippen LogP contribution in [0.3, 0.4) is 0 Å². The lowest BCUT2D eigenvalue weighted by Crippen LogP contribution is -2.33. The van der Waals surface area contributed by atoms with Crippen LogP contribution in [0.1, 0.15) is 13.3 Å². The Balaban J connectivity index is 3.85. The number of carbonyl (C=O) groups excluding carboxylic acids is 1. The fraction of sp³-hybridized carbons (Fsp3) is 0.778. The van der Waals surface area contributed by atoms with Crippen LogP contribution in [0.2, 0.25) is 0 Å². The highest BCUT2D eigenvalue weighted by Gasteiger charge is 2.17. The van der Waals surface area contributed by atoms with Crippen molar-refractivity contribution in [3.05, 3.63) is 0 Å². The summed E-state index contributed by atoms with van der Waals surface area (Å²) >= 11 is 0. The van der Waals surface area contributed by atoms with Gasteiger partial charge in [-0.05, 0) is 0 Å². The van der Waals surface area contributed by atoms with Gasteiger partial charge in [-0.1, -0.05) is 6.92 Å². The molecule has 0 aliphatic carbocycles. The molecule has 2 atom stereocenters. The van der Waals surface area contributed by atoms with Gasteiger partial charge in [0.1, 0.15) is 5.75 Å². The largest absolute Gasteiger partial charge is 0.481 e. The molecule has 0 heterocycles. The Morgan fingerprint density at radius 1 is 1.50 bits per heavy atom. The number of rotatable bonds is 8. The van der Waals surface area contributed by atoms with Gasteiger partial charge in [0.05, 0.1) is 13.0 Å². The van der Waals surface area contributed by atoms with Gasteiger partial charge in [-0.2, -0.15) is 0 Å². The molecule has 2 unspecified atom stereocenters. The van der Waals surface area contributed by atoms with Crippen molar-refractivity contribution in [1.82, 2.24) is 5.32 Å². The van der Waals surface area contributed by atoms with Gasteiger partial charge in [0.15, 0.2) is 0 Å². The molecule has 7 heteroatoms. The zero-order chi connectivity index (χ0) is 12.6. The molecule has 2 N–H and O–H groups in total. The maximum atomic E-state index is 11.5. The van der Waals surface area contributed by atoms with E-state index in [1.807, 2.05) is 0 Å². The van der Waals surface area contributed by atoms with E-state index in [9.17, 15) is 13.8 Å². The monoisotopic (exact) mass is 251 g/mol. The predicted molar refractivity (Wildman–Crippen MR) is 59.6 cm³/mol. The highest BCUT2D eigenvalue weighted by atomic mass is 32.2. The van der Waals surface area contributed by atoms with E-state index in [4.69, 9.17) is 9.84 Å². The topological polar surface area (TPSA) is 92.7 Å². The standard InChI is InChI=1S/C9H17NO5S/c1-7(5-9(12)13)16(14)6-8(11)10-3-4-15-2/h7H,3-6H2,1-2H3,(H,10,11)(H,12,13). The molecule has 0 radical (unpaired) electrons. The summed E-state index contributed by atoms with van der Waals surface area (Å²) in [5, 5.41) is 10.5. The van der Waals surface area contributed by atoms with E-state index in [1.54, 1.807) is 6.92 Å². The van der Waals surface area contributed by atoms with E-state index in [0.29, 0.717) is 13.2 Å². The van der Waals surface area contributed by atoms with Crippen LogP contribution in [0.5, 0.6) is 0 Å². The van der Waals surface area contributed by atoms with Crippen LogP contribution in [0.15, 0.2) is 0 Å². The van der Waals surface area contributed by atoms with Crippen LogP contribution in [0.25, 0.3) is 0 Å². The first-order valence-electron chi connectivity index (χ1n) is 4.82. The first kappa shape index (κ1) is 15.0. The fourth-order valence-corrected chi connectivity index (χ4v) is 1.93. The minimum absolute atomic E-state index is 0.168. The van der Waals surface area contributed by atoms with Crippen LogP contribution >= 0.6 is 0 Å². The average Bonchev–Trinajstić information content (AvgIpc) is 2.16. The summed E-state index contributed by atoms with van der Waals surface area (Å²) in [6.45, 7) is 2.30. The van der Waals surface area contributed by atoms with E-state index in [0.717, 1.165) is 0 Å². The molecule has 0 aliphatic rings. The number of carboxylic acid groups (broad SMARTS) is 1. The van der Waals surface area contributed by atoms with Crippen molar-refractivity contribution < 1.29 is 23.6 Å². The van der Waals surface area contributed by atoms with E-state index < -0.39 is 22.0 Å². The number of nitrogens with one attached hydrogen (secondary N) is 1. The van der Waals surface area contributed by atoms with E-state index in [-0.39, 0.29) is 18.1 Å². The number of hydrogen-bond donors (Lipinski definition) is 2. The third-order valence-electron chi connectivity index (χ3n) is 1.81. The second kappa shape index (κ2) is 8.23. The van der Waals surface area contributed by atoms with Gasteiger partial charge in [-0.3, -0.25) is 13.8 Å². The molecule has 16 heavy (non-hydrogen) atoms. The summed E-state index contributed by atoms with van der Waals surface area (Å²) in [7, 11) is 0.0586. The van der Waals surface area contributed by atoms with Gasteiger partial charge < -0.3 is 15.2 Å². The Labute approximate surface area is 96.8 Å². The molecule has 0 aromatic carbocycles. The lowest BCUT2D eigenvalue weighted by molar-refractivity contribution is -0.137. The maximum absolute atomic E-state index is 11.5. The average molecular weight is 251 g/mol. The van der Waals surface area contributed by atoms with Crippen molar-refractivity contribution in [2.45, 2.75) is 18.6 Å². The zero-order valence-corrected chi connectivity index (χ0v) is 10.2. The van der Waals surface area contributed by atoms with Crippen molar-refractivity contribution in [2.75, 3.05) is 26.0 Å². The Hall–Kier alpha value is -0.950. The first-order valence-corrected chi connectivity index (χ1v) is 6.20. The number of methoxy groups -OCH3 is 1. The van der Waals surface area contributed by atoms with E-state index >= 15 is 0 Å². The lowest BCUT2D eigenvalue weighted by Gasteiger charge is -2.09. The van der Waals surface area contributed by atoms with Gasteiger partial charge in [-0.25, -0.2) is 0 Å². The van der Waals surface area contributed by atoms with Crippen molar-refractivity contribution in [3.63, 3.8) is 0 Å². The second-order valence-corrected chi connectivity index (χ2v) is 5.13. The van der Waals surface area contributed by atoms with Crippen LogP contribution in [-0.2, 0) is 25.1 Å². The van der Waals surface area contributed by atoms with Gasteiger partial charge in [0, 0.05) is 29.7 Å². The number of ether oxygens (including phenoxy) is 1. The van der Waals surface area contributed by atoms with Gasteiger partial charge in [-0.15, -0.1) is 0 Å². The van der Waals surface area contributed by atoms with E-state index in [2.05, 4.69) is 5.32 Å². The molecule has 0 aliphatic heterocycles. The number of carbonyl (C=O) groups is 2. The predicted octanol–water partition coefficient (Wildman–Crippen LogP) is -0.639. The summed E-state index contributed by atoms with van der Waals surface area (Å²) in [5.74, 6) is -1.54. The summed E-state index contributed by atoms with van der Waals surface area (Å²) < 4.78 is 16.2. The molecule has 0 aromatic rings. The second-order valence-electron chi connectivity index (χ2n) is 3.28. The molecule has 0 fully saturated rings. The van der Waals surface area contributed by atoms with Crippen molar-refractivity contribution >= 4 is 22.7 Å². The highest BCUT2D eigenvalue weighted by molar-refractivity contribution is 7.86. The first-order chi connectivity index (χ1) is 7.47. The highest BCUT2D eigenvalue weighted by Crippen LogP contribution is 2.01. The molecule has 0 saturated heterocycles. The van der Waals surface area contributed by atoms with Crippen molar-refractivity contribution in [3.8, 4) is 0 Å². The normalized spacial score (nSPS) is 14.1. The summed E-state index contributed by atoms with van der Waals surface area (Å²) in [6.07, 6.45) is -0.196. The Morgan fingerprint density at radius 2 is 2.12 bits per heavy atom. The van der Waals surface area contributed by atoms with Crippen molar-refractivity contribution in [1.29, 1.82) is 0 Å². The lowest BCUT2D eigenvalue weighted by atomic mass is 10.3. The molecule has 0 spiro atoms. The van der Waals surface area contributed by atoms with Gasteiger partial charge in [0.25, 0.3) is 0 Å². The summed E-state index contributed by atoms with van der Waals surface area (Å²) in [4.78, 5) is 21.6. The molecule has 1 amide bonds. The molecule has 94 valence electrons. The quantitative estimate of drug-likeness (QED) is 0.560. The minimum Gasteiger partial charge on any atom is -0.481 e. The number of amides is 1. The molecule has 6 nitrogen and oxygen atoms in total. The molecule has 0 aromatic heterocycles. The molecule has 0 bridgehead atoms. The number of aliphatic carboxylic acids is 1. The Kier molecular flexibility index (Phi) is 7.74. The number of hydrogen-bond acceptors (Lipinski definition) is 4. The van der Waals surface area contributed by atoms with Crippen LogP contribution in [0, 0.1) is 0 Å². The minimum atomic E-state index is -1.45. The third kappa shape index (κ3) is 7.36. The molecular formula is C9H17NO5S. The molecule has 0 saturated carbocycles. The van der Waals surface area contributed by atoms with Crippen LogP contribution in [0.4, 0.5) is 0 Å². The molecular weight excluding hydrogens is 234 g/mol. The molecule has 0 rings (SSSR count). The van der Waals surface area contributed by atoms with E-state index in [1.165, 1.54) is 7.11 Å². The zero-order valence-electron chi connectivity index (χ0n) is 9.39. The third-order valence-corrected chi connectivity index (χ3v) is 3.42. The maximum Gasteiger partial charge on any atom is 0.304 e. The van der Waals surface area contributed by atoms with Crippen LogP contribution in [-0.4, -0.2) is 52.5 Å². The van der Waals surface area contributed by atoms with Crippen molar-refractivity contribution in [2.24, 2.45) is 0 Å². The smallest absolute Gasteiger partial charge is 0.304 e. The van der Waals surface area contributed by atoms with Crippen LogP contribution < -0.4 is 5.32 Å². The Bertz CT molecular complexity index is 269. The summed E-state index contributed by atoms with van der Waals surface area (Å²) in [5.41, 5.74) is 0. The SMILES string of the molecule is COCCNC(=O)CS(=O)C(C)CC(=O)O. The number of carboxylic acids is 1. The van der Waals surface area contributed by atoms with Gasteiger partial charge >= 0.3 is 5.97 Å². The fourth-order valence-electron chi connectivity index (χ4n) is 0.954. The summed E-state index contributed by atoms with van der Waals surface area (Å²) in [6, 6.07) is 0.